The lowest BCUT2D eigenvalue weighted by molar-refractivity contribution is -0.132. The van der Waals surface area contributed by atoms with Crippen molar-refractivity contribution in [2.75, 3.05) is 19.7 Å². The molecule has 1 aromatic heterocycles. The summed E-state index contributed by atoms with van der Waals surface area (Å²) in [7, 11) is 1.95. The van der Waals surface area contributed by atoms with Crippen molar-refractivity contribution in [1.29, 1.82) is 0 Å². The van der Waals surface area contributed by atoms with E-state index in [9.17, 15) is 9.59 Å². The third-order valence-corrected chi connectivity index (χ3v) is 4.84. The number of nitrogens with zero attached hydrogens (tertiary/aromatic N) is 2. The molecule has 0 aliphatic carbocycles. The normalized spacial score (nSPS) is 14.9. The first-order valence-electron chi connectivity index (χ1n) is 8.57. The highest BCUT2D eigenvalue weighted by molar-refractivity contribution is 5.93. The Labute approximate surface area is 138 Å². The van der Waals surface area contributed by atoms with Crippen LogP contribution in [0.25, 0.3) is 0 Å². The molecule has 0 N–H and O–H groups in total. The Morgan fingerprint density at radius 3 is 2.39 bits per heavy atom. The molecule has 5 nitrogen and oxygen atoms in total. The molecule has 5 heteroatoms. The lowest BCUT2D eigenvalue weighted by atomic mass is 10.1. The standard InChI is InChI=1S/C18H28N2O3/c1-5-23-18(22)17-13(2)15(19(4)14(17)3)9-10-16(21)20-11-7-6-8-12-20/h5-12H2,1-4H3. The van der Waals surface area contributed by atoms with Crippen LogP contribution in [0.1, 0.15) is 59.9 Å². The summed E-state index contributed by atoms with van der Waals surface area (Å²) in [6.07, 6.45) is 4.61. The second-order valence-electron chi connectivity index (χ2n) is 6.25. The van der Waals surface area contributed by atoms with Crippen LogP contribution in [-0.4, -0.2) is 41.0 Å². The zero-order valence-electron chi connectivity index (χ0n) is 14.8. The highest BCUT2D eigenvalue weighted by atomic mass is 16.5. The smallest absolute Gasteiger partial charge is 0.340 e. The maximum Gasteiger partial charge on any atom is 0.340 e. The number of piperidine rings is 1. The zero-order chi connectivity index (χ0) is 17.0. The SMILES string of the molecule is CCOC(=O)c1c(C)c(CCC(=O)N2CCCCC2)n(C)c1C. The van der Waals surface area contributed by atoms with Gasteiger partial charge in [0.25, 0.3) is 0 Å². The van der Waals surface area contributed by atoms with Gasteiger partial charge >= 0.3 is 5.97 Å². The Kier molecular flexibility index (Phi) is 5.85. The van der Waals surface area contributed by atoms with Crippen molar-refractivity contribution in [1.82, 2.24) is 9.47 Å². The monoisotopic (exact) mass is 320 g/mol. The fourth-order valence-corrected chi connectivity index (χ4v) is 3.42. The van der Waals surface area contributed by atoms with Crippen molar-refractivity contribution < 1.29 is 14.3 Å². The summed E-state index contributed by atoms with van der Waals surface area (Å²) in [5, 5.41) is 0. The van der Waals surface area contributed by atoms with Crippen molar-refractivity contribution in [3.8, 4) is 0 Å². The van der Waals surface area contributed by atoms with Gasteiger partial charge in [-0.2, -0.15) is 0 Å². The minimum atomic E-state index is -0.272. The molecule has 1 saturated heterocycles. The van der Waals surface area contributed by atoms with Gasteiger partial charge in [-0.05, 0) is 52.0 Å². The molecular weight excluding hydrogens is 292 g/mol. The summed E-state index contributed by atoms with van der Waals surface area (Å²) in [4.78, 5) is 26.4. The molecule has 1 fully saturated rings. The Hall–Kier alpha value is -1.78. The molecule has 0 bridgehead atoms. The Morgan fingerprint density at radius 1 is 1.13 bits per heavy atom. The molecule has 2 heterocycles. The fraction of sp³-hybridized carbons (Fsp3) is 0.667. The molecule has 1 aromatic rings. The van der Waals surface area contributed by atoms with Crippen LogP contribution in [0.2, 0.25) is 0 Å². The van der Waals surface area contributed by atoms with Crippen LogP contribution >= 0.6 is 0 Å². The van der Waals surface area contributed by atoms with E-state index in [1.54, 1.807) is 0 Å². The van der Waals surface area contributed by atoms with Gasteiger partial charge in [0, 0.05) is 37.9 Å². The topological polar surface area (TPSA) is 51.5 Å². The van der Waals surface area contributed by atoms with Gasteiger partial charge in [-0.3, -0.25) is 4.79 Å². The van der Waals surface area contributed by atoms with Crippen LogP contribution in [0.3, 0.4) is 0 Å². The molecule has 23 heavy (non-hydrogen) atoms. The van der Waals surface area contributed by atoms with E-state index in [0.717, 1.165) is 42.9 Å². The van der Waals surface area contributed by atoms with Crippen molar-refractivity contribution in [3.05, 3.63) is 22.5 Å². The minimum absolute atomic E-state index is 0.223. The molecule has 1 aliphatic rings. The number of likely N-dealkylation sites (tertiary alicyclic amines) is 1. The van der Waals surface area contributed by atoms with Crippen LogP contribution in [0.4, 0.5) is 0 Å². The summed E-state index contributed by atoms with van der Waals surface area (Å²) >= 11 is 0. The molecule has 0 radical (unpaired) electrons. The van der Waals surface area contributed by atoms with Crippen molar-refractivity contribution in [3.63, 3.8) is 0 Å². The first-order valence-corrected chi connectivity index (χ1v) is 8.57. The second kappa shape index (κ2) is 7.66. The molecule has 1 aliphatic heterocycles. The number of carbonyl (C=O) groups excluding carboxylic acids is 2. The lowest BCUT2D eigenvalue weighted by Gasteiger charge is -2.26. The van der Waals surface area contributed by atoms with Gasteiger partial charge in [0.2, 0.25) is 5.91 Å². The van der Waals surface area contributed by atoms with E-state index in [0.29, 0.717) is 25.0 Å². The van der Waals surface area contributed by atoms with E-state index in [4.69, 9.17) is 4.74 Å². The number of ether oxygens (including phenoxy) is 1. The molecule has 128 valence electrons. The number of amides is 1. The maximum atomic E-state index is 12.3. The summed E-state index contributed by atoms with van der Waals surface area (Å²) in [5.74, 6) is -0.0488. The molecule has 0 saturated carbocycles. The summed E-state index contributed by atoms with van der Waals surface area (Å²) in [5.41, 5.74) is 3.54. The molecule has 2 rings (SSSR count). The number of hydrogen-bond donors (Lipinski definition) is 0. The van der Waals surface area contributed by atoms with Gasteiger partial charge in [0.15, 0.2) is 0 Å². The number of rotatable bonds is 5. The second-order valence-corrected chi connectivity index (χ2v) is 6.25. The van der Waals surface area contributed by atoms with Crippen LogP contribution in [-0.2, 0) is 23.0 Å². The quantitative estimate of drug-likeness (QED) is 0.784. The van der Waals surface area contributed by atoms with Gasteiger partial charge in [0.1, 0.15) is 0 Å². The number of hydrogen-bond acceptors (Lipinski definition) is 3. The van der Waals surface area contributed by atoms with Gasteiger partial charge in [-0.1, -0.05) is 0 Å². The van der Waals surface area contributed by atoms with E-state index < -0.39 is 0 Å². The van der Waals surface area contributed by atoms with Crippen molar-refractivity contribution in [2.45, 2.75) is 52.9 Å². The summed E-state index contributed by atoms with van der Waals surface area (Å²) < 4.78 is 7.17. The van der Waals surface area contributed by atoms with Crippen molar-refractivity contribution >= 4 is 11.9 Å². The molecular formula is C18H28N2O3. The Bertz CT molecular complexity index is 584. The first kappa shape index (κ1) is 17.6. The van der Waals surface area contributed by atoms with E-state index in [1.807, 2.05) is 37.3 Å². The maximum absolute atomic E-state index is 12.3. The first-order chi connectivity index (χ1) is 11.0. The molecule has 0 spiro atoms. The highest BCUT2D eigenvalue weighted by Gasteiger charge is 2.23. The largest absolute Gasteiger partial charge is 0.462 e. The van der Waals surface area contributed by atoms with Crippen molar-refractivity contribution in [2.24, 2.45) is 7.05 Å². The average molecular weight is 320 g/mol. The third kappa shape index (κ3) is 3.77. The molecule has 1 amide bonds. The zero-order valence-corrected chi connectivity index (χ0v) is 14.8. The predicted molar refractivity (Wildman–Crippen MR) is 89.6 cm³/mol. The average Bonchev–Trinajstić information content (AvgIpc) is 2.76. The Balaban J connectivity index is 2.09. The van der Waals surface area contributed by atoms with E-state index in [2.05, 4.69) is 0 Å². The molecule has 0 aromatic carbocycles. The van der Waals surface area contributed by atoms with Crippen LogP contribution in [0, 0.1) is 13.8 Å². The van der Waals surface area contributed by atoms with Gasteiger partial charge in [0.05, 0.1) is 12.2 Å². The number of esters is 1. The van der Waals surface area contributed by atoms with Gasteiger partial charge < -0.3 is 14.2 Å². The van der Waals surface area contributed by atoms with Gasteiger partial charge in [-0.25, -0.2) is 4.79 Å². The Morgan fingerprint density at radius 2 is 1.78 bits per heavy atom. The third-order valence-electron chi connectivity index (χ3n) is 4.84. The number of carbonyl (C=O) groups is 2. The van der Waals surface area contributed by atoms with E-state index >= 15 is 0 Å². The van der Waals surface area contributed by atoms with E-state index in [-0.39, 0.29) is 11.9 Å². The van der Waals surface area contributed by atoms with Crippen LogP contribution in [0.15, 0.2) is 0 Å². The van der Waals surface area contributed by atoms with Crippen LogP contribution < -0.4 is 0 Å². The molecule has 0 atom stereocenters. The van der Waals surface area contributed by atoms with Crippen LogP contribution in [0.5, 0.6) is 0 Å². The molecule has 0 unspecified atom stereocenters. The fourth-order valence-electron chi connectivity index (χ4n) is 3.42. The highest BCUT2D eigenvalue weighted by Crippen LogP contribution is 2.23. The van der Waals surface area contributed by atoms with Gasteiger partial charge in [-0.15, -0.1) is 0 Å². The predicted octanol–water partition coefficient (Wildman–Crippen LogP) is 2.76. The minimum Gasteiger partial charge on any atom is -0.462 e. The summed E-state index contributed by atoms with van der Waals surface area (Å²) in [6.45, 7) is 7.82. The van der Waals surface area contributed by atoms with E-state index in [1.165, 1.54) is 6.42 Å². The number of aromatic nitrogens is 1. The summed E-state index contributed by atoms with van der Waals surface area (Å²) in [6, 6.07) is 0. The lowest BCUT2D eigenvalue weighted by Crippen LogP contribution is -2.35.